The number of carbonyl (C=O) groups is 1. The third-order valence-corrected chi connectivity index (χ3v) is 7.56. The molecule has 1 atom stereocenters. The number of rotatable bonds is 10. The molecule has 0 saturated carbocycles. The van der Waals surface area contributed by atoms with Gasteiger partial charge in [-0.25, -0.2) is 4.68 Å². The summed E-state index contributed by atoms with van der Waals surface area (Å²) in [5.74, 6) is 1.40. The number of fused-ring (bicyclic) bond motifs is 1. The fourth-order valence-corrected chi connectivity index (χ4v) is 5.48. The average molecular weight is 506 g/mol. The molecule has 0 N–H and O–H groups in total. The first-order valence-corrected chi connectivity index (χ1v) is 13.0. The molecule has 0 bridgehead atoms. The molecule has 37 heavy (non-hydrogen) atoms. The van der Waals surface area contributed by atoms with E-state index in [4.69, 9.17) is 9.47 Å². The van der Waals surface area contributed by atoms with Crippen LogP contribution in [-0.2, 0) is 13.1 Å². The van der Waals surface area contributed by atoms with Crippen molar-refractivity contribution in [3.8, 4) is 11.5 Å². The smallest absolute Gasteiger partial charge is 0.255 e. The van der Waals surface area contributed by atoms with Crippen LogP contribution in [-0.4, -0.2) is 82.9 Å². The van der Waals surface area contributed by atoms with Crippen molar-refractivity contribution in [1.29, 1.82) is 0 Å². The number of aryl methyl sites for hydroxylation is 1. The Labute approximate surface area is 217 Å². The summed E-state index contributed by atoms with van der Waals surface area (Å²) in [5, 5.41) is 11.4. The number of amides is 1. The van der Waals surface area contributed by atoms with E-state index in [9.17, 15) is 4.79 Å². The van der Waals surface area contributed by atoms with Gasteiger partial charge in [0.1, 0.15) is 6.33 Å². The predicted molar refractivity (Wildman–Crippen MR) is 140 cm³/mol. The zero-order chi connectivity index (χ0) is 25.8. The highest BCUT2D eigenvalue weighted by atomic mass is 16.5. The van der Waals surface area contributed by atoms with Gasteiger partial charge < -0.3 is 24.2 Å². The van der Waals surface area contributed by atoms with Crippen molar-refractivity contribution in [2.24, 2.45) is 0 Å². The molecule has 3 heterocycles. The fourth-order valence-electron chi connectivity index (χ4n) is 5.48. The lowest BCUT2D eigenvalue weighted by molar-refractivity contribution is 0.0687. The standard InChI is InChI=1S/C27H35N7O3/c1-4-31-13-15-32(16-14-31)24-8-5-7-21-22(24)18-34(27(21)35)23(9-6-12-33-19-28-29-30-33)20-10-11-25(36-2)26(17-20)37-3/h5,7-8,10-11,17,19,23H,4,6,9,12-16,18H2,1-3H3. The topological polar surface area (TPSA) is 88.8 Å². The number of hydrogen-bond donors (Lipinski definition) is 0. The number of methoxy groups -OCH3 is 2. The summed E-state index contributed by atoms with van der Waals surface area (Å²) in [4.78, 5) is 20.7. The van der Waals surface area contributed by atoms with Gasteiger partial charge in [0.2, 0.25) is 0 Å². The highest BCUT2D eigenvalue weighted by molar-refractivity contribution is 6.00. The largest absolute Gasteiger partial charge is 0.493 e. The number of carbonyl (C=O) groups excluding carboxylic acids is 1. The summed E-state index contributed by atoms with van der Waals surface area (Å²) < 4.78 is 12.8. The quantitative estimate of drug-likeness (QED) is 0.416. The van der Waals surface area contributed by atoms with Crippen LogP contribution in [0.2, 0.25) is 0 Å². The normalized spacial score (nSPS) is 16.7. The van der Waals surface area contributed by atoms with Crippen LogP contribution < -0.4 is 14.4 Å². The lowest BCUT2D eigenvalue weighted by atomic mass is 9.99. The van der Waals surface area contributed by atoms with Gasteiger partial charge in [0.25, 0.3) is 5.91 Å². The summed E-state index contributed by atoms with van der Waals surface area (Å²) in [6, 6.07) is 12.0. The molecule has 10 nitrogen and oxygen atoms in total. The second-order valence-corrected chi connectivity index (χ2v) is 9.50. The van der Waals surface area contributed by atoms with E-state index in [1.54, 1.807) is 25.2 Å². The van der Waals surface area contributed by atoms with Crippen LogP contribution in [0.3, 0.4) is 0 Å². The van der Waals surface area contributed by atoms with Gasteiger partial charge in [-0.1, -0.05) is 19.1 Å². The van der Waals surface area contributed by atoms with E-state index in [-0.39, 0.29) is 11.9 Å². The van der Waals surface area contributed by atoms with Crippen molar-refractivity contribution < 1.29 is 14.3 Å². The maximum atomic E-state index is 13.8. The Kier molecular flexibility index (Phi) is 7.55. The zero-order valence-electron chi connectivity index (χ0n) is 21.8. The van der Waals surface area contributed by atoms with Crippen molar-refractivity contribution in [2.45, 2.75) is 38.9 Å². The van der Waals surface area contributed by atoms with Crippen LogP contribution in [0.1, 0.15) is 47.3 Å². The van der Waals surface area contributed by atoms with Crippen LogP contribution in [0.15, 0.2) is 42.7 Å². The van der Waals surface area contributed by atoms with Gasteiger partial charge in [-0.3, -0.25) is 4.79 Å². The summed E-state index contributed by atoms with van der Waals surface area (Å²) in [6.45, 7) is 8.59. The first-order valence-electron chi connectivity index (χ1n) is 13.0. The van der Waals surface area contributed by atoms with Crippen LogP contribution in [0.5, 0.6) is 11.5 Å². The molecule has 1 saturated heterocycles. The SMILES string of the molecule is CCN1CCN(c2cccc3c2CN(C(CCCn2cnnn2)c2ccc(OC)c(OC)c2)C3=O)CC1. The molecular formula is C27H35N7O3. The Morgan fingerprint density at radius 3 is 2.54 bits per heavy atom. The molecule has 0 radical (unpaired) electrons. The highest BCUT2D eigenvalue weighted by Crippen LogP contribution is 2.40. The first kappa shape index (κ1) is 25.0. The van der Waals surface area contributed by atoms with Gasteiger partial charge >= 0.3 is 0 Å². The zero-order valence-corrected chi connectivity index (χ0v) is 21.8. The summed E-state index contributed by atoms with van der Waals surface area (Å²) in [5.41, 5.74) is 4.14. The van der Waals surface area contributed by atoms with Gasteiger partial charge in [0.15, 0.2) is 11.5 Å². The molecule has 2 aliphatic rings. The molecule has 196 valence electrons. The van der Waals surface area contributed by atoms with Crippen LogP contribution in [0.25, 0.3) is 0 Å². The third-order valence-electron chi connectivity index (χ3n) is 7.56. The van der Waals surface area contributed by atoms with E-state index >= 15 is 0 Å². The molecule has 3 aromatic rings. The number of aromatic nitrogens is 4. The van der Waals surface area contributed by atoms with E-state index in [0.717, 1.165) is 62.3 Å². The number of piperazine rings is 1. The molecule has 1 amide bonds. The average Bonchev–Trinajstić information content (AvgIpc) is 3.58. The Bertz CT molecular complexity index is 1210. The lowest BCUT2D eigenvalue weighted by Crippen LogP contribution is -2.46. The Hall–Kier alpha value is -3.66. The minimum atomic E-state index is -0.124. The summed E-state index contributed by atoms with van der Waals surface area (Å²) >= 11 is 0. The highest BCUT2D eigenvalue weighted by Gasteiger charge is 2.36. The minimum absolute atomic E-state index is 0.0752. The monoisotopic (exact) mass is 505 g/mol. The third kappa shape index (κ3) is 5.11. The van der Waals surface area contributed by atoms with Crippen LogP contribution >= 0.6 is 0 Å². The number of anilines is 1. The molecule has 2 aromatic carbocycles. The van der Waals surface area contributed by atoms with Gasteiger partial charge in [-0.05, 0) is 59.6 Å². The number of hydrogen-bond acceptors (Lipinski definition) is 8. The van der Waals surface area contributed by atoms with Gasteiger partial charge in [0, 0.05) is 56.1 Å². The van der Waals surface area contributed by atoms with Crippen LogP contribution in [0.4, 0.5) is 5.69 Å². The fraction of sp³-hybridized carbons (Fsp3) is 0.481. The number of tetrazole rings is 1. The lowest BCUT2D eigenvalue weighted by Gasteiger charge is -2.36. The van der Waals surface area contributed by atoms with Crippen molar-refractivity contribution in [2.75, 3.05) is 51.8 Å². The van der Waals surface area contributed by atoms with Gasteiger partial charge in [-0.15, -0.1) is 5.10 Å². The summed E-state index contributed by atoms with van der Waals surface area (Å²) in [6.07, 6.45) is 3.20. The maximum Gasteiger partial charge on any atom is 0.255 e. The van der Waals surface area contributed by atoms with Crippen LogP contribution in [0, 0.1) is 0 Å². The second-order valence-electron chi connectivity index (χ2n) is 9.50. The van der Waals surface area contributed by atoms with Crippen molar-refractivity contribution in [3.05, 3.63) is 59.4 Å². The van der Waals surface area contributed by atoms with Gasteiger partial charge in [0.05, 0.1) is 20.3 Å². The summed E-state index contributed by atoms with van der Waals surface area (Å²) in [7, 11) is 3.26. The first-order chi connectivity index (χ1) is 18.1. The molecule has 0 aliphatic carbocycles. The van der Waals surface area contributed by atoms with Gasteiger partial charge in [-0.2, -0.15) is 0 Å². The van der Waals surface area contributed by atoms with Crippen molar-refractivity contribution in [1.82, 2.24) is 30.0 Å². The number of nitrogens with zero attached hydrogens (tertiary/aromatic N) is 7. The predicted octanol–water partition coefficient (Wildman–Crippen LogP) is 3.01. The number of ether oxygens (including phenoxy) is 2. The number of likely N-dealkylation sites (N-methyl/N-ethyl adjacent to an activating group) is 1. The maximum absolute atomic E-state index is 13.8. The molecule has 1 aromatic heterocycles. The molecule has 1 unspecified atom stereocenters. The molecule has 10 heteroatoms. The Morgan fingerprint density at radius 2 is 1.84 bits per heavy atom. The Morgan fingerprint density at radius 1 is 1.03 bits per heavy atom. The molecule has 5 rings (SSSR count). The van der Waals surface area contributed by atoms with E-state index < -0.39 is 0 Å². The molecular weight excluding hydrogens is 470 g/mol. The molecule has 0 spiro atoms. The van der Waals surface area contributed by atoms with Crippen molar-refractivity contribution >= 4 is 11.6 Å². The Balaban J connectivity index is 1.42. The van der Waals surface area contributed by atoms with Crippen molar-refractivity contribution in [3.63, 3.8) is 0 Å². The second kappa shape index (κ2) is 11.2. The number of benzene rings is 2. The van der Waals surface area contributed by atoms with E-state index in [1.165, 1.54) is 5.69 Å². The van der Waals surface area contributed by atoms with E-state index in [2.05, 4.69) is 38.3 Å². The van der Waals surface area contributed by atoms with E-state index in [0.29, 0.717) is 24.6 Å². The molecule has 1 fully saturated rings. The minimum Gasteiger partial charge on any atom is -0.493 e. The molecule has 2 aliphatic heterocycles. The van der Waals surface area contributed by atoms with E-state index in [1.807, 2.05) is 35.2 Å².